The van der Waals surface area contributed by atoms with Crippen molar-refractivity contribution in [1.29, 1.82) is 0 Å². The van der Waals surface area contributed by atoms with Crippen molar-refractivity contribution in [2.45, 2.75) is 37.9 Å². The van der Waals surface area contributed by atoms with Crippen LogP contribution in [-0.4, -0.2) is 58.1 Å². The number of benzene rings is 1. The summed E-state index contributed by atoms with van der Waals surface area (Å²) in [7, 11) is 0. The Morgan fingerprint density at radius 2 is 1.68 bits per heavy atom. The van der Waals surface area contributed by atoms with E-state index in [-0.39, 0.29) is 29.1 Å². The van der Waals surface area contributed by atoms with E-state index in [2.05, 4.69) is 10.3 Å². The number of piperidine rings is 1. The van der Waals surface area contributed by atoms with Gasteiger partial charge >= 0.3 is 12.1 Å². The van der Waals surface area contributed by atoms with E-state index in [0.717, 1.165) is 25.7 Å². The number of aromatic nitrogens is 1. The number of aliphatic carboxylic acids is 1. The van der Waals surface area contributed by atoms with Gasteiger partial charge in [0, 0.05) is 37.1 Å². The van der Waals surface area contributed by atoms with E-state index in [4.69, 9.17) is 9.90 Å². The van der Waals surface area contributed by atoms with Crippen LogP contribution in [0.1, 0.15) is 46.4 Å². The molecular weight excluding hydrogens is 458 g/mol. The Morgan fingerprint density at radius 3 is 2.21 bits per heavy atom. The van der Waals surface area contributed by atoms with Gasteiger partial charge in [0.2, 0.25) is 0 Å². The molecule has 0 atom stereocenters. The average molecular weight is 481 g/mol. The molecule has 1 aromatic heterocycles. The normalized spacial score (nSPS) is 17.2. The number of carboxylic acid groups (broad SMARTS) is 1. The zero-order valence-electron chi connectivity index (χ0n) is 18.0. The van der Waals surface area contributed by atoms with E-state index >= 15 is 0 Å². The van der Waals surface area contributed by atoms with Gasteiger partial charge in [0.15, 0.2) is 0 Å². The number of halogens is 4. The van der Waals surface area contributed by atoms with Crippen molar-refractivity contribution in [3.05, 3.63) is 65.7 Å². The Bertz CT molecular complexity index is 1030. The van der Waals surface area contributed by atoms with Crippen LogP contribution in [0.2, 0.25) is 0 Å². The fraction of sp³-hybridized carbons (Fsp3) is 0.391. The van der Waals surface area contributed by atoms with Crippen LogP contribution in [0.4, 0.5) is 17.6 Å². The number of carboxylic acids is 1. The molecule has 1 aliphatic heterocycles. The Morgan fingerprint density at radius 1 is 1.06 bits per heavy atom. The molecule has 2 N–H and O–H groups in total. The minimum atomic E-state index is -5.08. The lowest BCUT2D eigenvalue weighted by Gasteiger charge is -2.52. The van der Waals surface area contributed by atoms with Crippen LogP contribution >= 0.6 is 0 Å². The molecule has 0 radical (unpaired) electrons. The summed E-state index contributed by atoms with van der Waals surface area (Å²) < 4.78 is 45.1. The van der Waals surface area contributed by atoms with Gasteiger partial charge in [-0.2, -0.15) is 13.2 Å². The van der Waals surface area contributed by atoms with Crippen LogP contribution in [0, 0.1) is 11.2 Å². The standard InChI is InChI=1S/C21H22FN3O2.C2HF3O2/c22-17-5-1-3-15(11-17)20(27)25-9-6-21(7-10-25)12-18(13-21)24-19(26)16-4-2-8-23-14-16;3-2(4,5)1(6)7/h1-5,8,11,14,18H,6-7,9-10,12-13H2,(H,24,26);(H,6,7). The fourth-order valence-corrected chi connectivity index (χ4v) is 4.25. The molecule has 1 saturated heterocycles. The number of alkyl halides is 3. The predicted octanol–water partition coefficient (Wildman–Crippen LogP) is 3.67. The third-order valence-corrected chi connectivity index (χ3v) is 6.04. The van der Waals surface area contributed by atoms with E-state index in [9.17, 15) is 27.2 Å². The Balaban J connectivity index is 0.000000406. The molecule has 7 nitrogen and oxygen atoms in total. The molecule has 0 bridgehead atoms. The van der Waals surface area contributed by atoms with E-state index in [1.165, 1.54) is 12.1 Å². The molecule has 2 aromatic rings. The molecule has 4 rings (SSSR count). The highest BCUT2D eigenvalue weighted by Crippen LogP contribution is 2.49. The highest BCUT2D eigenvalue weighted by molar-refractivity contribution is 5.94. The third kappa shape index (κ3) is 6.30. The summed E-state index contributed by atoms with van der Waals surface area (Å²) in [5.74, 6) is -3.33. The second kappa shape index (κ2) is 10.2. The Hall–Kier alpha value is -3.50. The van der Waals surface area contributed by atoms with E-state index in [1.807, 2.05) is 4.90 Å². The van der Waals surface area contributed by atoms with Crippen LogP contribution in [0.3, 0.4) is 0 Å². The maximum atomic E-state index is 13.3. The first-order valence-corrected chi connectivity index (χ1v) is 10.5. The highest BCUT2D eigenvalue weighted by Gasteiger charge is 2.46. The van der Waals surface area contributed by atoms with Crippen LogP contribution in [0.5, 0.6) is 0 Å². The van der Waals surface area contributed by atoms with Crippen molar-refractivity contribution in [2.75, 3.05) is 13.1 Å². The van der Waals surface area contributed by atoms with Gasteiger partial charge in [-0.3, -0.25) is 14.6 Å². The molecule has 1 aromatic carbocycles. The minimum Gasteiger partial charge on any atom is -0.475 e. The van der Waals surface area contributed by atoms with Crippen molar-refractivity contribution in [1.82, 2.24) is 15.2 Å². The zero-order valence-corrected chi connectivity index (χ0v) is 18.0. The summed E-state index contributed by atoms with van der Waals surface area (Å²) >= 11 is 0. The lowest BCUT2D eigenvalue weighted by molar-refractivity contribution is -0.192. The molecule has 2 aliphatic rings. The molecule has 11 heteroatoms. The van der Waals surface area contributed by atoms with E-state index in [0.29, 0.717) is 24.2 Å². The van der Waals surface area contributed by atoms with Gasteiger partial charge < -0.3 is 15.3 Å². The molecule has 182 valence electrons. The number of carbonyl (C=O) groups excluding carboxylic acids is 2. The van der Waals surface area contributed by atoms with Crippen molar-refractivity contribution in [2.24, 2.45) is 5.41 Å². The molecule has 1 aliphatic carbocycles. The molecule has 2 fully saturated rings. The maximum Gasteiger partial charge on any atom is 0.490 e. The SMILES string of the molecule is O=C(NC1CC2(CCN(C(=O)c3cccc(F)c3)CC2)C1)c1cccnc1.O=C(O)C(F)(F)F. The van der Waals surface area contributed by atoms with Gasteiger partial charge in [-0.1, -0.05) is 6.07 Å². The van der Waals surface area contributed by atoms with Gasteiger partial charge in [-0.15, -0.1) is 0 Å². The molecule has 2 amide bonds. The molecule has 2 heterocycles. The van der Waals surface area contributed by atoms with Gasteiger partial charge in [0.1, 0.15) is 5.82 Å². The van der Waals surface area contributed by atoms with Gasteiger partial charge in [-0.25, -0.2) is 9.18 Å². The topological polar surface area (TPSA) is 99.6 Å². The largest absolute Gasteiger partial charge is 0.490 e. The second-order valence-electron chi connectivity index (χ2n) is 8.43. The summed E-state index contributed by atoms with van der Waals surface area (Å²) in [6.45, 7) is 1.36. The first-order chi connectivity index (χ1) is 16.0. The number of rotatable bonds is 3. The third-order valence-electron chi connectivity index (χ3n) is 6.04. The van der Waals surface area contributed by atoms with Crippen LogP contribution in [0.15, 0.2) is 48.8 Å². The lowest BCUT2D eigenvalue weighted by Crippen LogP contribution is -2.55. The number of amides is 2. The molecule has 0 unspecified atom stereocenters. The summed E-state index contributed by atoms with van der Waals surface area (Å²) in [6, 6.07) is 9.55. The Labute approximate surface area is 192 Å². The lowest BCUT2D eigenvalue weighted by atomic mass is 9.60. The maximum absolute atomic E-state index is 13.3. The monoisotopic (exact) mass is 481 g/mol. The number of hydrogen-bond donors (Lipinski definition) is 2. The zero-order chi connectivity index (χ0) is 24.9. The molecular formula is C23H23F4N3O4. The van der Waals surface area contributed by atoms with Crippen molar-refractivity contribution >= 4 is 17.8 Å². The molecule has 1 saturated carbocycles. The van der Waals surface area contributed by atoms with E-state index in [1.54, 1.807) is 36.7 Å². The van der Waals surface area contributed by atoms with Gasteiger partial charge in [-0.05, 0) is 61.4 Å². The van der Waals surface area contributed by atoms with Crippen molar-refractivity contribution in [3.8, 4) is 0 Å². The van der Waals surface area contributed by atoms with Crippen molar-refractivity contribution < 1.29 is 37.1 Å². The van der Waals surface area contributed by atoms with Crippen molar-refractivity contribution in [3.63, 3.8) is 0 Å². The van der Waals surface area contributed by atoms with Gasteiger partial charge in [0.05, 0.1) is 5.56 Å². The Kier molecular flexibility index (Phi) is 7.53. The summed E-state index contributed by atoms with van der Waals surface area (Å²) in [6.07, 6.45) is 1.87. The average Bonchev–Trinajstić information content (AvgIpc) is 2.78. The summed E-state index contributed by atoms with van der Waals surface area (Å²) in [5, 5.41) is 10.2. The highest BCUT2D eigenvalue weighted by atomic mass is 19.4. The first-order valence-electron chi connectivity index (χ1n) is 10.5. The molecule has 34 heavy (non-hydrogen) atoms. The number of hydrogen-bond acceptors (Lipinski definition) is 4. The number of carbonyl (C=O) groups is 3. The summed E-state index contributed by atoms with van der Waals surface area (Å²) in [4.78, 5) is 39.4. The molecule has 1 spiro atoms. The minimum absolute atomic E-state index is 0.0818. The number of pyridine rings is 1. The van der Waals surface area contributed by atoms with Crippen LogP contribution in [-0.2, 0) is 4.79 Å². The van der Waals surface area contributed by atoms with Gasteiger partial charge in [0.25, 0.3) is 11.8 Å². The number of nitrogens with zero attached hydrogens (tertiary/aromatic N) is 2. The van der Waals surface area contributed by atoms with Crippen LogP contribution < -0.4 is 5.32 Å². The number of nitrogens with one attached hydrogen (secondary N) is 1. The first kappa shape index (κ1) is 25.1. The fourth-order valence-electron chi connectivity index (χ4n) is 4.25. The van der Waals surface area contributed by atoms with E-state index < -0.39 is 12.1 Å². The van der Waals surface area contributed by atoms with Crippen LogP contribution in [0.25, 0.3) is 0 Å². The predicted molar refractivity (Wildman–Crippen MR) is 112 cm³/mol. The smallest absolute Gasteiger partial charge is 0.475 e. The summed E-state index contributed by atoms with van der Waals surface area (Å²) in [5.41, 5.74) is 1.20. The second-order valence-corrected chi connectivity index (χ2v) is 8.43. The quantitative estimate of drug-likeness (QED) is 0.652. The number of likely N-dealkylation sites (tertiary alicyclic amines) is 1.